The standard InChI is InChI=1S/C14H16BrN5O2/c15-12-3-4-13(14(6-12)20(21)22)18-5-1-2-11(7-18)8-19-10-16-9-17-19/h3-4,6,9-11H,1-2,5,7-8H2. The Balaban J connectivity index is 1.78. The van der Waals surface area contributed by atoms with Gasteiger partial charge in [-0.15, -0.1) is 0 Å². The molecule has 1 unspecified atom stereocenters. The van der Waals surface area contributed by atoms with Crippen LogP contribution in [0.3, 0.4) is 0 Å². The van der Waals surface area contributed by atoms with Crippen LogP contribution in [0.5, 0.6) is 0 Å². The van der Waals surface area contributed by atoms with Gasteiger partial charge < -0.3 is 4.90 Å². The number of nitro groups is 1. The lowest BCUT2D eigenvalue weighted by molar-refractivity contribution is -0.384. The Morgan fingerprint density at radius 1 is 1.45 bits per heavy atom. The molecule has 22 heavy (non-hydrogen) atoms. The van der Waals surface area contributed by atoms with Crippen molar-refractivity contribution in [1.29, 1.82) is 0 Å². The summed E-state index contributed by atoms with van der Waals surface area (Å²) < 4.78 is 2.54. The Morgan fingerprint density at radius 2 is 2.32 bits per heavy atom. The zero-order valence-electron chi connectivity index (χ0n) is 11.9. The van der Waals surface area contributed by atoms with Crippen molar-refractivity contribution in [2.75, 3.05) is 18.0 Å². The van der Waals surface area contributed by atoms with Gasteiger partial charge in [0.1, 0.15) is 18.3 Å². The number of halogens is 1. The van der Waals surface area contributed by atoms with Crippen LogP contribution in [0.15, 0.2) is 35.3 Å². The number of aromatic nitrogens is 3. The third-order valence-corrected chi connectivity index (χ3v) is 4.40. The van der Waals surface area contributed by atoms with E-state index in [4.69, 9.17) is 0 Å². The highest BCUT2D eigenvalue weighted by molar-refractivity contribution is 9.10. The average molecular weight is 366 g/mol. The van der Waals surface area contributed by atoms with E-state index in [0.29, 0.717) is 11.6 Å². The van der Waals surface area contributed by atoms with Gasteiger partial charge >= 0.3 is 0 Å². The fraction of sp³-hybridized carbons (Fsp3) is 0.429. The van der Waals surface area contributed by atoms with E-state index in [1.54, 1.807) is 12.4 Å². The van der Waals surface area contributed by atoms with Crippen molar-refractivity contribution in [2.24, 2.45) is 5.92 Å². The second-order valence-electron chi connectivity index (χ2n) is 5.46. The first-order chi connectivity index (χ1) is 10.6. The van der Waals surface area contributed by atoms with Crippen LogP contribution in [0.2, 0.25) is 0 Å². The molecule has 0 aliphatic carbocycles. The highest BCUT2D eigenvalue weighted by atomic mass is 79.9. The van der Waals surface area contributed by atoms with Gasteiger partial charge in [-0.25, -0.2) is 4.98 Å². The molecule has 1 aliphatic rings. The molecule has 0 amide bonds. The molecule has 1 aliphatic heterocycles. The molecular weight excluding hydrogens is 350 g/mol. The van der Waals surface area contributed by atoms with Crippen LogP contribution in [-0.4, -0.2) is 32.8 Å². The van der Waals surface area contributed by atoms with E-state index in [0.717, 1.165) is 36.9 Å². The molecule has 1 atom stereocenters. The lowest BCUT2D eigenvalue weighted by atomic mass is 9.97. The molecule has 0 saturated carbocycles. The van der Waals surface area contributed by atoms with Crippen LogP contribution in [0, 0.1) is 16.0 Å². The van der Waals surface area contributed by atoms with Crippen LogP contribution >= 0.6 is 15.9 Å². The van der Waals surface area contributed by atoms with E-state index in [1.165, 1.54) is 6.33 Å². The topological polar surface area (TPSA) is 77.1 Å². The van der Waals surface area contributed by atoms with Gasteiger partial charge in [0.2, 0.25) is 0 Å². The quantitative estimate of drug-likeness (QED) is 0.614. The van der Waals surface area contributed by atoms with E-state index in [-0.39, 0.29) is 10.6 Å². The van der Waals surface area contributed by atoms with Crippen LogP contribution < -0.4 is 4.90 Å². The molecule has 2 heterocycles. The van der Waals surface area contributed by atoms with Gasteiger partial charge in [-0.3, -0.25) is 14.8 Å². The molecule has 1 aromatic carbocycles. The number of nitro benzene ring substituents is 1. The second-order valence-corrected chi connectivity index (χ2v) is 6.38. The van der Waals surface area contributed by atoms with E-state index in [9.17, 15) is 10.1 Å². The molecule has 0 spiro atoms. The zero-order chi connectivity index (χ0) is 15.5. The highest BCUT2D eigenvalue weighted by Crippen LogP contribution is 2.34. The number of rotatable bonds is 4. The Hall–Kier alpha value is -1.96. The average Bonchev–Trinajstić information content (AvgIpc) is 3.00. The molecule has 116 valence electrons. The Labute approximate surface area is 136 Å². The number of hydrogen-bond acceptors (Lipinski definition) is 5. The summed E-state index contributed by atoms with van der Waals surface area (Å²) in [5, 5.41) is 15.4. The molecule has 0 radical (unpaired) electrons. The number of hydrogen-bond donors (Lipinski definition) is 0. The van der Waals surface area contributed by atoms with Crippen molar-refractivity contribution in [3.05, 3.63) is 45.4 Å². The largest absolute Gasteiger partial charge is 0.366 e. The smallest absolute Gasteiger partial charge is 0.293 e. The first-order valence-electron chi connectivity index (χ1n) is 7.15. The van der Waals surface area contributed by atoms with Crippen molar-refractivity contribution < 1.29 is 4.92 Å². The van der Waals surface area contributed by atoms with Gasteiger partial charge in [-0.05, 0) is 30.9 Å². The number of anilines is 1. The number of nitrogens with zero attached hydrogens (tertiary/aromatic N) is 5. The summed E-state index contributed by atoms with van der Waals surface area (Å²) in [5.41, 5.74) is 0.840. The molecule has 8 heteroatoms. The molecule has 1 fully saturated rings. The Morgan fingerprint density at radius 3 is 3.05 bits per heavy atom. The van der Waals surface area contributed by atoms with E-state index in [2.05, 4.69) is 30.9 Å². The molecule has 1 aromatic heterocycles. The van der Waals surface area contributed by atoms with Crippen LogP contribution in [0.4, 0.5) is 11.4 Å². The minimum absolute atomic E-state index is 0.149. The normalized spacial score (nSPS) is 18.4. The minimum atomic E-state index is -0.318. The van der Waals surface area contributed by atoms with Crippen molar-refractivity contribution in [1.82, 2.24) is 14.8 Å². The molecule has 0 N–H and O–H groups in total. The van der Waals surface area contributed by atoms with Crippen LogP contribution in [-0.2, 0) is 6.54 Å². The molecule has 0 bridgehead atoms. The van der Waals surface area contributed by atoms with Crippen molar-refractivity contribution in [3.63, 3.8) is 0 Å². The molecular formula is C14H16BrN5O2. The van der Waals surface area contributed by atoms with Crippen molar-refractivity contribution >= 4 is 27.3 Å². The summed E-state index contributed by atoms with van der Waals surface area (Å²) in [5.74, 6) is 0.415. The van der Waals surface area contributed by atoms with E-state index < -0.39 is 0 Å². The minimum Gasteiger partial charge on any atom is -0.366 e. The molecule has 7 nitrogen and oxygen atoms in total. The molecule has 3 rings (SSSR count). The predicted octanol–water partition coefficient (Wildman–Crippen LogP) is 2.87. The predicted molar refractivity (Wildman–Crippen MR) is 85.8 cm³/mol. The number of benzene rings is 1. The summed E-state index contributed by atoms with van der Waals surface area (Å²) in [6.45, 7) is 2.43. The fourth-order valence-electron chi connectivity index (χ4n) is 2.93. The third kappa shape index (κ3) is 3.27. The lowest BCUT2D eigenvalue weighted by Gasteiger charge is -2.34. The molecule has 2 aromatic rings. The van der Waals surface area contributed by atoms with Crippen molar-refractivity contribution in [2.45, 2.75) is 19.4 Å². The SMILES string of the molecule is O=[N+]([O-])c1cc(Br)ccc1N1CCCC(Cn2cncn2)C1. The lowest BCUT2D eigenvalue weighted by Crippen LogP contribution is -2.37. The summed E-state index contributed by atoms with van der Waals surface area (Å²) in [6.07, 6.45) is 5.36. The highest BCUT2D eigenvalue weighted by Gasteiger charge is 2.26. The maximum Gasteiger partial charge on any atom is 0.293 e. The summed E-state index contributed by atoms with van der Waals surface area (Å²) >= 11 is 3.30. The van der Waals surface area contributed by atoms with Gasteiger partial charge in [0, 0.05) is 30.2 Å². The summed E-state index contributed by atoms with van der Waals surface area (Å²) in [7, 11) is 0. The zero-order valence-corrected chi connectivity index (χ0v) is 13.5. The van der Waals surface area contributed by atoms with Crippen LogP contribution in [0.25, 0.3) is 0 Å². The van der Waals surface area contributed by atoms with E-state index in [1.807, 2.05) is 16.8 Å². The maximum absolute atomic E-state index is 11.3. The van der Waals surface area contributed by atoms with Crippen molar-refractivity contribution in [3.8, 4) is 0 Å². The monoisotopic (exact) mass is 365 g/mol. The second kappa shape index (κ2) is 6.43. The fourth-order valence-corrected chi connectivity index (χ4v) is 3.28. The third-order valence-electron chi connectivity index (χ3n) is 3.91. The summed E-state index contributed by atoms with van der Waals surface area (Å²) in [6, 6.07) is 5.24. The Kier molecular flexibility index (Phi) is 4.37. The van der Waals surface area contributed by atoms with Gasteiger partial charge in [-0.1, -0.05) is 15.9 Å². The van der Waals surface area contributed by atoms with Gasteiger partial charge in [0.05, 0.1) is 4.92 Å². The van der Waals surface area contributed by atoms with Gasteiger partial charge in [0.15, 0.2) is 0 Å². The van der Waals surface area contributed by atoms with Gasteiger partial charge in [0.25, 0.3) is 5.69 Å². The first kappa shape index (κ1) is 15.0. The van der Waals surface area contributed by atoms with Gasteiger partial charge in [-0.2, -0.15) is 5.10 Å². The maximum atomic E-state index is 11.3. The number of piperidine rings is 1. The first-order valence-corrected chi connectivity index (χ1v) is 7.94. The Bertz CT molecular complexity index is 661. The van der Waals surface area contributed by atoms with E-state index >= 15 is 0 Å². The molecule has 1 saturated heterocycles. The van der Waals surface area contributed by atoms with Crippen LogP contribution in [0.1, 0.15) is 12.8 Å². The summed E-state index contributed by atoms with van der Waals surface area (Å²) in [4.78, 5) is 17.0.